The van der Waals surface area contributed by atoms with Crippen LogP contribution in [0.2, 0.25) is 0 Å². The van der Waals surface area contributed by atoms with E-state index in [1.165, 1.54) is 0 Å². The molecule has 2 amide bonds. The van der Waals surface area contributed by atoms with Gasteiger partial charge in [-0.1, -0.05) is 66.7 Å². The molecule has 0 spiro atoms. The number of carbonyl (C=O) groups excluding carboxylic acids is 2. The predicted octanol–water partition coefficient (Wildman–Crippen LogP) is 6.37. The molecule has 1 N–H and O–H groups in total. The molecule has 1 fully saturated rings. The summed E-state index contributed by atoms with van der Waals surface area (Å²) in [6.45, 7) is 7.91. The largest absolute Gasteiger partial charge is 0.444 e. The Bertz CT molecular complexity index is 1750. The normalized spacial score (nSPS) is 13.7. The first-order valence-corrected chi connectivity index (χ1v) is 14.4. The van der Waals surface area contributed by atoms with Gasteiger partial charge in [0.05, 0.1) is 17.6 Å². The van der Waals surface area contributed by atoms with Crippen molar-refractivity contribution in [1.29, 1.82) is 0 Å². The minimum Gasteiger partial charge on any atom is -0.444 e. The van der Waals surface area contributed by atoms with Gasteiger partial charge < -0.3 is 19.9 Å². The Morgan fingerprint density at radius 3 is 2.16 bits per heavy atom. The molecule has 2 aromatic heterocycles. The predicted molar refractivity (Wildman–Crippen MR) is 168 cm³/mol. The van der Waals surface area contributed by atoms with Gasteiger partial charge in [0.2, 0.25) is 0 Å². The van der Waals surface area contributed by atoms with Gasteiger partial charge in [-0.3, -0.25) is 4.79 Å². The summed E-state index contributed by atoms with van der Waals surface area (Å²) >= 11 is 0. The van der Waals surface area contributed by atoms with Gasteiger partial charge >= 0.3 is 6.09 Å². The van der Waals surface area contributed by atoms with Crippen LogP contribution in [0.4, 0.5) is 16.2 Å². The minimum atomic E-state index is -0.535. The van der Waals surface area contributed by atoms with Gasteiger partial charge in [0.1, 0.15) is 11.3 Å². The summed E-state index contributed by atoms with van der Waals surface area (Å²) in [5, 5.41) is 7.51. The fraction of sp³-hybridized carbons (Fsp3) is 0.235. The Kier molecular flexibility index (Phi) is 7.54. The van der Waals surface area contributed by atoms with Gasteiger partial charge in [0.15, 0.2) is 5.65 Å². The van der Waals surface area contributed by atoms with Crippen LogP contribution in [0, 0.1) is 0 Å². The van der Waals surface area contributed by atoms with Gasteiger partial charge in [-0.25, -0.2) is 14.3 Å². The van der Waals surface area contributed by atoms with E-state index in [4.69, 9.17) is 9.72 Å². The number of fused-ring (bicyclic) bond motifs is 1. The highest BCUT2D eigenvalue weighted by molar-refractivity contribution is 6.05. The zero-order valence-corrected chi connectivity index (χ0v) is 24.5. The van der Waals surface area contributed by atoms with Crippen LogP contribution < -0.4 is 10.2 Å². The molecule has 9 heteroatoms. The highest BCUT2D eigenvalue weighted by atomic mass is 16.6. The Balaban J connectivity index is 1.18. The van der Waals surface area contributed by atoms with Crippen molar-refractivity contribution < 1.29 is 14.3 Å². The highest BCUT2D eigenvalue weighted by Gasteiger charge is 2.27. The molecule has 43 heavy (non-hydrogen) atoms. The number of carbonyl (C=O) groups is 2. The smallest absolute Gasteiger partial charge is 0.410 e. The third kappa shape index (κ3) is 6.21. The maximum Gasteiger partial charge on any atom is 0.410 e. The fourth-order valence-corrected chi connectivity index (χ4v) is 5.17. The maximum atomic E-state index is 13.4. The lowest BCUT2D eigenvalue weighted by molar-refractivity contribution is 0.0240. The average Bonchev–Trinajstić information content (AvgIpc) is 3.44. The lowest BCUT2D eigenvalue weighted by Crippen LogP contribution is -2.50. The first-order valence-electron chi connectivity index (χ1n) is 14.4. The molecule has 6 rings (SSSR count). The standard InChI is InChI=1S/C34H34N6O3/c1-34(2,3)43-33(42)39-21-19-38(20-22-39)30-12-8-7-11-28(30)37-32(41)29-17-18-40-31(36-29)27(23-35-40)26-15-13-25(14-16-26)24-9-5-4-6-10-24/h4-18,23H,19-22H2,1-3H3,(H,37,41). The monoisotopic (exact) mass is 574 g/mol. The molecule has 0 aliphatic carbocycles. The van der Waals surface area contributed by atoms with Gasteiger partial charge in [-0.05, 0) is 55.7 Å². The Labute approximate surface area is 250 Å². The van der Waals surface area contributed by atoms with E-state index >= 15 is 0 Å². The molecule has 5 aromatic rings. The van der Waals surface area contributed by atoms with E-state index in [-0.39, 0.29) is 12.0 Å². The van der Waals surface area contributed by atoms with E-state index in [2.05, 4.69) is 39.6 Å². The van der Waals surface area contributed by atoms with Crippen LogP contribution in [0.3, 0.4) is 0 Å². The van der Waals surface area contributed by atoms with Crippen molar-refractivity contribution in [3.05, 3.63) is 103 Å². The molecule has 0 saturated carbocycles. The summed E-state index contributed by atoms with van der Waals surface area (Å²) in [6, 6.07) is 27.8. The van der Waals surface area contributed by atoms with Crippen molar-refractivity contribution in [3.63, 3.8) is 0 Å². The molecule has 0 radical (unpaired) electrons. The van der Waals surface area contributed by atoms with Crippen LogP contribution >= 0.6 is 0 Å². The lowest BCUT2D eigenvalue weighted by atomic mass is 10.0. The molecule has 1 aliphatic heterocycles. The summed E-state index contributed by atoms with van der Waals surface area (Å²) in [6.07, 6.45) is 3.22. The fourth-order valence-electron chi connectivity index (χ4n) is 5.17. The number of nitrogens with zero attached hydrogens (tertiary/aromatic N) is 5. The molecular weight excluding hydrogens is 540 g/mol. The second-order valence-corrected chi connectivity index (χ2v) is 11.5. The number of rotatable bonds is 5. The molecule has 1 saturated heterocycles. The quantitative estimate of drug-likeness (QED) is 0.262. The van der Waals surface area contributed by atoms with E-state index in [9.17, 15) is 9.59 Å². The van der Waals surface area contributed by atoms with Crippen molar-refractivity contribution in [2.45, 2.75) is 26.4 Å². The first kappa shape index (κ1) is 28.0. The van der Waals surface area contributed by atoms with E-state index in [0.29, 0.717) is 43.2 Å². The summed E-state index contributed by atoms with van der Waals surface area (Å²) in [5.74, 6) is -0.311. The molecule has 1 aliphatic rings. The summed E-state index contributed by atoms with van der Waals surface area (Å²) in [5.41, 5.74) is 6.02. The van der Waals surface area contributed by atoms with Gasteiger partial charge in [-0.15, -0.1) is 0 Å². The third-order valence-corrected chi connectivity index (χ3v) is 7.33. The van der Waals surface area contributed by atoms with E-state index in [1.807, 2.05) is 75.4 Å². The molecule has 3 aromatic carbocycles. The molecule has 3 heterocycles. The Hall–Kier alpha value is -5.18. The van der Waals surface area contributed by atoms with E-state index < -0.39 is 5.60 Å². The SMILES string of the molecule is CC(C)(C)OC(=O)N1CCN(c2ccccc2NC(=O)c2ccn3ncc(-c4ccc(-c5ccccc5)cc4)c3n2)CC1. The second kappa shape index (κ2) is 11.6. The molecular formula is C34H34N6O3. The van der Waals surface area contributed by atoms with Crippen LogP contribution in [-0.2, 0) is 4.74 Å². The molecule has 0 bridgehead atoms. The maximum absolute atomic E-state index is 13.4. The number of aromatic nitrogens is 3. The van der Waals surface area contributed by atoms with Crippen LogP contribution in [0.25, 0.3) is 27.9 Å². The second-order valence-electron chi connectivity index (χ2n) is 11.5. The number of benzene rings is 3. The molecule has 218 valence electrons. The average molecular weight is 575 g/mol. The van der Waals surface area contributed by atoms with Crippen molar-refractivity contribution >= 4 is 29.0 Å². The lowest BCUT2D eigenvalue weighted by Gasteiger charge is -2.37. The number of anilines is 2. The van der Waals surface area contributed by atoms with Crippen LogP contribution in [0.5, 0.6) is 0 Å². The van der Waals surface area contributed by atoms with Crippen molar-refractivity contribution in [3.8, 4) is 22.3 Å². The van der Waals surface area contributed by atoms with Crippen LogP contribution in [0.1, 0.15) is 31.3 Å². The number of nitrogens with one attached hydrogen (secondary N) is 1. The van der Waals surface area contributed by atoms with Crippen LogP contribution in [0.15, 0.2) is 97.3 Å². The number of hydrogen-bond donors (Lipinski definition) is 1. The summed E-state index contributed by atoms with van der Waals surface area (Å²) < 4.78 is 7.20. The van der Waals surface area contributed by atoms with Gasteiger partial charge in [0.25, 0.3) is 5.91 Å². The number of hydrogen-bond acceptors (Lipinski definition) is 6. The molecule has 0 unspecified atom stereocenters. The van der Waals surface area contributed by atoms with Crippen molar-refractivity contribution in [1.82, 2.24) is 19.5 Å². The minimum absolute atomic E-state index is 0.291. The first-order chi connectivity index (χ1) is 20.7. The number of amides is 2. The Morgan fingerprint density at radius 1 is 0.791 bits per heavy atom. The van der Waals surface area contributed by atoms with E-state index in [1.54, 1.807) is 27.9 Å². The summed E-state index contributed by atoms with van der Waals surface area (Å²) in [4.78, 5) is 34.5. The summed E-state index contributed by atoms with van der Waals surface area (Å²) in [7, 11) is 0. The van der Waals surface area contributed by atoms with Gasteiger partial charge in [-0.2, -0.15) is 5.10 Å². The topological polar surface area (TPSA) is 92.1 Å². The zero-order chi connectivity index (χ0) is 30.0. The van der Waals surface area contributed by atoms with E-state index in [0.717, 1.165) is 27.9 Å². The van der Waals surface area contributed by atoms with Gasteiger partial charge in [0, 0.05) is 37.9 Å². The van der Waals surface area contributed by atoms with Crippen LogP contribution in [-0.4, -0.2) is 63.3 Å². The number of ether oxygens (including phenoxy) is 1. The Morgan fingerprint density at radius 2 is 1.44 bits per heavy atom. The third-order valence-electron chi connectivity index (χ3n) is 7.33. The highest BCUT2D eigenvalue weighted by Crippen LogP contribution is 2.29. The number of piperazine rings is 1. The number of para-hydroxylation sites is 2. The van der Waals surface area contributed by atoms with Crippen molar-refractivity contribution in [2.24, 2.45) is 0 Å². The molecule has 0 atom stereocenters. The zero-order valence-electron chi connectivity index (χ0n) is 24.5. The van der Waals surface area contributed by atoms with Crippen molar-refractivity contribution in [2.75, 3.05) is 36.4 Å². The molecule has 9 nitrogen and oxygen atoms in total.